The minimum atomic E-state index is -2.33. The third kappa shape index (κ3) is 4.67. The largest absolute Gasteiger partial charge is 0.494 e. The molecule has 1 aliphatic rings. The summed E-state index contributed by atoms with van der Waals surface area (Å²) in [5.41, 5.74) is 0.944. The van der Waals surface area contributed by atoms with Crippen LogP contribution in [0.3, 0.4) is 0 Å². The van der Waals surface area contributed by atoms with Crippen LogP contribution in [0.1, 0.15) is 13.3 Å². The Morgan fingerprint density at radius 2 is 1.58 bits per heavy atom. The van der Waals surface area contributed by atoms with Crippen molar-refractivity contribution in [3.05, 3.63) is 53.4 Å². The van der Waals surface area contributed by atoms with Crippen molar-refractivity contribution in [2.24, 2.45) is 0 Å². The number of anilines is 2. The van der Waals surface area contributed by atoms with E-state index < -0.39 is 59.1 Å². The summed E-state index contributed by atoms with van der Waals surface area (Å²) >= 11 is 5.03. The van der Waals surface area contributed by atoms with Gasteiger partial charge in [0.2, 0.25) is 11.7 Å². The SMILES string of the molecule is CCOc1ccc(NC(=O)CC2C(=O)N(C)C(=S)N2Nc2c(F)c(F)c(F)c(F)c2F)cc1. The number of amides is 2. The number of hydrogen-bond donors (Lipinski definition) is 2. The number of hydrogen-bond acceptors (Lipinski definition) is 5. The number of rotatable bonds is 7. The number of nitrogens with zero attached hydrogens (tertiary/aromatic N) is 2. The van der Waals surface area contributed by atoms with E-state index in [1.807, 2.05) is 12.3 Å². The average molecular weight is 488 g/mol. The van der Waals surface area contributed by atoms with E-state index in [9.17, 15) is 31.5 Å². The predicted molar refractivity (Wildman–Crippen MR) is 112 cm³/mol. The molecule has 1 atom stereocenters. The number of carbonyl (C=O) groups is 2. The van der Waals surface area contributed by atoms with Crippen molar-refractivity contribution in [3.63, 3.8) is 0 Å². The lowest BCUT2D eigenvalue weighted by Gasteiger charge is -2.25. The first-order chi connectivity index (χ1) is 15.6. The summed E-state index contributed by atoms with van der Waals surface area (Å²) in [5, 5.41) is 2.91. The summed E-state index contributed by atoms with van der Waals surface area (Å²) in [6.07, 6.45) is -0.543. The maximum atomic E-state index is 14.1. The highest BCUT2D eigenvalue weighted by molar-refractivity contribution is 7.80. The molecule has 1 saturated heterocycles. The number of carbonyl (C=O) groups excluding carboxylic acids is 2. The number of benzene rings is 2. The molecule has 0 saturated carbocycles. The van der Waals surface area contributed by atoms with Crippen molar-refractivity contribution < 1.29 is 36.3 Å². The lowest BCUT2D eigenvalue weighted by atomic mass is 10.2. The first-order valence-corrected chi connectivity index (χ1v) is 9.89. The smallest absolute Gasteiger partial charge is 0.253 e. The van der Waals surface area contributed by atoms with Gasteiger partial charge in [-0.15, -0.1) is 0 Å². The van der Waals surface area contributed by atoms with Gasteiger partial charge in [0.25, 0.3) is 5.91 Å². The third-order valence-electron chi connectivity index (χ3n) is 4.69. The van der Waals surface area contributed by atoms with Crippen molar-refractivity contribution in [2.45, 2.75) is 19.4 Å². The van der Waals surface area contributed by atoms with Crippen LogP contribution in [-0.2, 0) is 9.59 Å². The van der Waals surface area contributed by atoms with Crippen LogP contribution < -0.4 is 15.5 Å². The fourth-order valence-corrected chi connectivity index (χ4v) is 3.30. The molecule has 2 N–H and O–H groups in total. The number of thiocarbonyl (C=S) groups is 1. The van der Waals surface area contributed by atoms with E-state index in [0.29, 0.717) is 23.1 Å². The highest BCUT2D eigenvalue weighted by Gasteiger charge is 2.43. The molecule has 0 spiro atoms. The summed E-state index contributed by atoms with van der Waals surface area (Å²) < 4.78 is 73.9. The monoisotopic (exact) mass is 488 g/mol. The third-order valence-corrected chi connectivity index (χ3v) is 5.16. The van der Waals surface area contributed by atoms with Gasteiger partial charge in [0.15, 0.2) is 28.4 Å². The minimum Gasteiger partial charge on any atom is -0.494 e. The first kappa shape index (κ1) is 24.2. The van der Waals surface area contributed by atoms with Crippen LogP contribution in [0.25, 0.3) is 0 Å². The zero-order chi connectivity index (χ0) is 24.4. The zero-order valence-corrected chi connectivity index (χ0v) is 18.0. The highest BCUT2D eigenvalue weighted by Crippen LogP contribution is 2.30. The van der Waals surface area contributed by atoms with Gasteiger partial charge < -0.3 is 10.1 Å². The van der Waals surface area contributed by atoms with Gasteiger partial charge in [-0.2, -0.15) is 0 Å². The van der Waals surface area contributed by atoms with Crippen molar-refractivity contribution >= 4 is 40.5 Å². The molecule has 2 aromatic carbocycles. The van der Waals surface area contributed by atoms with E-state index in [-0.39, 0.29) is 5.11 Å². The second-order valence-electron chi connectivity index (χ2n) is 6.83. The Morgan fingerprint density at radius 1 is 1.03 bits per heavy atom. The van der Waals surface area contributed by atoms with Crippen molar-refractivity contribution in [1.82, 2.24) is 9.91 Å². The summed E-state index contributed by atoms with van der Waals surface area (Å²) in [6.45, 7) is 2.26. The standard InChI is InChI=1S/C20H17F5N4O3S/c1-3-32-10-6-4-9(5-7-10)26-12(30)8-11-19(31)28(2)20(33)29(11)27-18-16(24)14(22)13(21)15(23)17(18)25/h4-7,11,27H,3,8H2,1-2H3,(H,26,30). The van der Waals surface area contributed by atoms with E-state index in [4.69, 9.17) is 17.0 Å². The molecular weight excluding hydrogens is 471 g/mol. The number of nitrogens with one attached hydrogen (secondary N) is 2. The molecule has 1 unspecified atom stereocenters. The minimum absolute atomic E-state index is 0.331. The van der Waals surface area contributed by atoms with Gasteiger partial charge in [0.05, 0.1) is 13.0 Å². The van der Waals surface area contributed by atoms with E-state index in [2.05, 4.69) is 5.32 Å². The fourth-order valence-electron chi connectivity index (χ4n) is 3.04. The molecule has 176 valence electrons. The van der Waals surface area contributed by atoms with Crippen LogP contribution in [0, 0.1) is 29.1 Å². The molecule has 2 aromatic rings. The summed E-state index contributed by atoms with van der Waals surface area (Å²) in [6, 6.07) is 4.92. The molecule has 0 aromatic heterocycles. The number of likely N-dealkylation sites (N-methyl/N-ethyl adjacent to an activating group) is 1. The quantitative estimate of drug-likeness (QED) is 0.269. The molecule has 0 bridgehead atoms. The van der Waals surface area contributed by atoms with Crippen LogP contribution >= 0.6 is 12.2 Å². The Kier molecular flexibility index (Phi) is 7.01. The fraction of sp³-hybridized carbons (Fsp3) is 0.250. The van der Waals surface area contributed by atoms with Crippen LogP contribution in [0.5, 0.6) is 5.75 Å². The molecule has 1 heterocycles. The van der Waals surface area contributed by atoms with Gasteiger partial charge >= 0.3 is 0 Å². The summed E-state index contributed by atoms with van der Waals surface area (Å²) in [5.74, 6) is -11.8. The molecule has 0 aliphatic carbocycles. The lowest BCUT2D eigenvalue weighted by molar-refractivity contribution is -0.129. The van der Waals surface area contributed by atoms with Crippen molar-refractivity contribution in [2.75, 3.05) is 24.4 Å². The maximum Gasteiger partial charge on any atom is 0.253 e. The topological polar surface area (TPSA) is 73.9 Å². The number of halogens is 5. The molecule has 1 aliphatic heterocycles. The second-order valence-corrected chi connectivity index (χ2v) is 7.20. The Balaban J connectivity index is 1.81. The molecule has 7 nitrogen and oxygen atoms in total. The molecule has 0 radical (unpaired) electrons. The van der Waals surface area contributed by atoms with Gasteiger partial charge in [-0.25, -0.2) is 27.0 Å². The number of ether oxygens (including phenoxy) is 1. The Morgan fingerprint density at radius 3 is 2.12 bits per heavy atom. The molecular formula is C20H17F5N4O3S. The molecule has 13 heteroatoms. The van der Waals surface area contributed by atoms with E-state index >= 15 is 0 Å². The maximum absolute atomic E-state index is 14.1. The van der Waals surface area contributed by atoms with Crippen LogP contribution in [0.15, 0.2) is 24.3 Å². The van der Waals surface area contributed by atoms with Crippen molar-refractivity contribution in [1.29, 1.82) is 0 Å². The Hall–Kier alpha value is -3.48. The lowest BCUT2D eigenvalue weighted by Crippen LogP contribution is -2.42. The first-order valence-electron chi connectivity index (χ1n) is 9.48. The summed E-state index contributed by atoms with van der Waals surface area (Å²) in [7, 11) is 1.24. The highest BCUT2D eigenvalue weighted by atomic mass is 32.1. The van der Waals surface area contributed by atoms with Gasteiger partial charge in [0, 0.05) is 12.7 Å². The zero-order valence-electron chi connectivity index (χ0n) is 17.2. The predicted octanol–water partition coefficient (Wildman–Crippen LogP) is 3.56. The molecule has 2 amide bonds. The normalized spacial score (nSPS) is 15.8. The summed E-state index contributed by atoms with van der Waals surface area (Å²) in [4.78, 5) is 25.9. The Bertz CT molecular complexity index is 1090. The Labute approximate surface area is 190 Å². The molecule has 1 fully saturated rings. The van der Waals surface area contributed by atoms with Gasteiger partial charge in [-0.1, -0.05) is 0 Å². The number of hydrazine groups is 1. The molecule has 3 rings (SSSR count). The van der Waals surface area contributed by atoms with Crippen molar-refractivity contribution in [3.8, 4) is 5.75 Å². The van der Waals surface area contributed by atoms with Crippen LogP contribution in [-0.4, -0.2) is 46.5 Å². The molecule has 33 heavy (non-hydrogen) atoms. The van der Waals surface area contributed by atoms with E-state index in [1.165, 1.54) is 7.05 Å². The average Bonchev–Trinajstić information content (AvgIpc) is 2.98. The van der Waals surface area contributed by atoms with Crippen LogP contribution in [0.2, 0.25) is 0 Å². The van der Waals surface area contributed by atoms with Gasteiger partial charge in [0.1, 0.15) is 17.5 Å². The van der Waals surface area contributed by atoms with Crippen LogP contribution in [0.4, 0.5) is 33.3 Å². The van der Waals surface area contributed by atoms with Gasteiger partial charge in [-0.3, -0.25) is 19.9 Å². The van der Waals surface area contributed by atoms with Gasteiger partial charge in [-0.05, 0) is 43.4 Å². The van der Waals surface area contributed by atoms with E-state index in [1.54, 1.807) is 24.3 Å². The van der Waals surface area contributed by atoms with E-state index in [0.717, 1.165) is 4.90 Å². The second kappa shape index (κ2) is 9.57.